The number of hydrogen-bond acceptors (Lipinski definition) is 5. The molecule has 1 heterocycles. The Kier molecular flexibility index (Phi) is 5.18. The number of benzene rings is 1. The Hall–Kier alpha value is -1.79. The fraction of sp³-hybridized carbons (Fsp3) is 0.708. The maximum Gasteiger partial charge on any atom is 0.237 e. The van der Waals surface area contributed by atoms with E-state index < -0.39 is 5.60 Å². The molecule has 0 aromatic heterocycles. The standard InChI is InChI=1S/C24H35N3O3/c1-16(26-7-9-27(10-8-26)20-3-5-21(30-2)6-4-20)23(28)25-22-18-11-17-12-19(22)15-24(29,13-17)14-18/h3-6,16-19,22,29H,7-15H2,1-2H3,(H,25,28). The molecule has 4 saturated carbocycles. The third-order valence-electron chi connectivity index (χ3n) is 8.23. The van der Waals surface area contributed by atoms with E-state index in [1.165, 1.54) is 18.5 Å². The molecular formula is C24H35N3O3. The molecule has 1 aliphatic heterocycles. The van der Waals surface area contributed by atoms with Crippen molar-refractivity contribution in [2.24, 2.45) is 17.8 Å². The Morgan fingerprint density at radius 2 is 1.73 bits per heavy atom. The van der Waals surface area contributed by atoms with E-state index in [9.17, 15) is 9.90 Å². The van der Waals surface area contributed by atoms with Gasteiger partial charge >= 0.3 is 0 Å². The number of nitrogens with one attached hydrogen (secondary N) is 1. The molecule has 1 aromatic rings. The molecule has 6 rings (SSSR count). The van der Waals surface area contributed by atoms with Crippen LogP contribution in [0.15, 0.2) is 24.3 Å². The molecule has 164 valence electrons. The molecule has 0 spiro atoms. The average Bonchev–Trinajstić information content (AvgIpc) is 2.74. The van der Waals surface area contributed by atoms with Gasteiger partial charge in [0.15, 0.2) is 0 Å². The first-order valence-electron chi connectivity index (χ1n) is 11.6. The Bertz CT molecular complexity index is 758. The van der Waals surface area contributed by atoms with Gasteiger partial charge in [0.25, 0.3) is 0 Å². The molecule has 1 aromatic carbocycles. The minimum atomic E-state index is -0.443. The second kappa shape index (κ2) is 7.72. The van der Waals surface area contributed by atoms with Crippen LogP contribution in [-0.2, 0) is 4.79 Å². The van der Waals surface area contributed by atoms with Gasteiger partial charge in [0.1, 0.15) is 5.75 Å². The number of piperazine rings is 1. The smallest absolute Gasteiger partial charge is 0.237 e. The van der Waals surface area contributed by atoms with Gasteiger partial charge in [-0.05, 0) is 81.0 Å². The topological polar surface area (TPSA) is 65.0 Å². The van der Waals surface area contributed by atoms with E-state index >= 15 is 0 Å². The maximum absolute atomic E-state index is 13.1. The van der Waals surface area contributed by atoms with Crippen LogP contribution in [0.1, 0.15) is 39.0 Å². The predicted molar refractivity (Wildman–Crippen MR) is 117 cm³/mol. The lowest BCUT2D eigenvalue weighted by molar-refractivity contribution is -0.148. The van der Waals surface area contributed by atoms with Gasteiger partial charge in [-0.25, -0.2) is 0 Å². The number of hydrogen-bond donors (Lipinski definition) is 2. The zero-order valence-electron chi connectivity index (χ0n) is 18.2. The normalized spacial score (nSPS) is 36.6. The van der Waals surface area contributed by atoms with Crippen molar-refractivity contribution in [1.29, 1.82) is 0 Å². The van der Waals surface area contributed by atoms with Crippen LogP contribution in [0.4, 0.5) is 5.69 Å². The number of methoxy groups -OCH3 is 1. The second-order valence-electron chi connectivity index (χ2n) is 10.1. The zero-order valence-corrected chi connectivity index (χ0v) is 18.2. The first-order chi connectivity index (χ1) is 14.4. The van der Waals surface area contributed by atoms with Crippen molar-refractivity contribution in [3.63, 3.8) is 0 Å². The molecule has 2 N–H and O–H groups in total. The van der Waals surface area contributed by atoms with Gasteiger partial charge in [0.2, 0.25) is 5.91 Å². The van der Waals surface area contributed by atoms with Crippen molar-refractivity contribution in [3.05, 3.63) is 24.3 Å². The third kappa shape index (κ3) is 3.69. The number of ether oxygens (including phenoxy) is 1. The van der Waals surface area contributed by atoms with E-state index in [4.69, 9.17) is 4.74 Å². The minimum absolute atomic E-state index is 0.108. The molecular weight excluding hydrogens is 378 g/mol. The lowest BCUT2D eigenvalue weighted by Crippen LogP contribution is -2.63. The number of nitrogens with zero attached hydrogens (tertiary/aromatic N) is 2. The molecule has 6 nitrogen and oxygen atoms in total. The minimum Gasteiger partial charge on any atom is -0.497 e. The number of rotatable bonds is 5. The Morgan fingerprint density at radius 1 is 1.10 bits per heavy atom. The first-order valence-corrected chi connectivity index (χ1v) is 11.6. The molecule has 6 heteroatoms. The van der Waals surface area contributed by atoms with Crippen molar-refractivity contribution in [2.45, 2.75) is 56.7 Å². The Labute approximate surface area is 179 Å². The van der Waals surface area contributed by atoms with Crippen LogP contribution in [0.2, 0.25) is 0 Å². The molecule has 3 atom stereocenters. The molecule has 5 fully saturated rings. The number of carbonyl (C=O) groups excluding carboxylic acids is 1. The summed E-state index contributed by atoms with van der Waals surface area (Å²) in [5.74, 6) is 2.63. The molecule has 4 bridgehead atoms. The summed E-state index contributed by atoms with van der Waals surface area (Å²) in [7, 11) is 1.69. The monoisotopic (exact) mass is 413 g/mol. The van der Waals surface area contributed by atoms with Crippen LogP contribution in [-0.4, -0.2) is 66.9 Å². The Balaban J connectivity index is 1.15. The zero-order chi connectivity index (χ0) is 20.9. The summed E-state index contributed by atoms with van der Waals surface area (Å²) < 4.78 is 5.25. The van der Waals surface area contributed by atoms with Gasteiger partial charge in [-0.1, -0.05) is 0 Å². The van der Waals surface area contributed by atoms with E-state index in [0.717, 1.165) is 51.2 Å². The van der Waals surface area contributed by atoms with Crippen molar-refractivity contribution in [3.8, 4) is 5.75 Å². The summed E-state index contributed by atoms with van der Waals surface area (Å²) in [6, 6.07) is 8.36. The van der Waals surface area contributed by atoms with Crippen LogP contribution < -0.4 is 15.0 Å². The van der Waals surface area contributed by atoms with E-state index in [1.807, 2.05) is 19.1 Å². The van der Waals surface area contributed by atoms with Crippen LogP contribution in [0.25, 0.3) is 0 Å². The molecule has 1 amide bonds. The fourth-order valence-electron chi connectivity index (χ4n) is 6.83. The molecule has 4 aliphatic carbocycles. The molecule has 3 unspecified atom stereocenters. The van der Waals surface area contributed by atoms with Crippen LogP contribution in [0.5, 0.6) is 5.75 Å². The predicted octanol–water partition coefficient (Wildman–Crippen LogP) is 2.26. The average molecular weight is 414 g/mol. The number of anilines is 1. The SMILES string of the molecule is COc1ccc(N2CCN(C(C)C(=O)NC3C4CC5CC3CC(O)(C5)C4)CC2)cc1. The number of carbonyl (C=O) groups is 1. The summed E-state index contributed by atoms with van der Waals surface area (Å²) in [6.45, 7) is 5.67. The molecule has 0 radical (unpaired) electrons. The van der Waals surface area contributed by atoms with E-state index in [2.05, 4.69) is 27.2 Å². The van der Waals surface area contributed by atoms with Gasteiger partial charge in [0.05, 0.1) is 18.8 Å². The summed E-state index contributed by atoms with van der Waals surface area (Å²) in [5.41, 5.74) is 0.764. The highest BCUT2D eigenvalue weighted by Gasteiger charge is 2.55. The van der Waals surface area contributed by atoms with Crippen molar-refractivity contribution < 1.29 is 14.6 Å². The van der Waals surface area contributed by atoms with Crippen molar-refractivity contribution in [2.75, 3.05) is 38.2 Å². The fourth-order valence-corrected chi connectivity index (χ4v) is 6.83. The summed E-state index contributed by atoms with van der Waals surface area (Å²) >= 11 is 0. The number of aliphatic hydroxyl groups is 1. The van der Waals surface area contributed by atoms with E-state index in [0.29, 0.717) is 17.8 Å². The quantitative estimate of drug-likeness (QED) is 0.775. The van der Waals surface area contributed by atoms with Crippen molar-refractivity contribution in [1.82, 2.24) is 10.2 Å². The largest absolute Gasteiger partial charge is 0.497 e. The van der Waals surface area contributed by atoms with Crippen LogP contribution >= 0.6 is 0 Å². The van der Waals surface area contributed by atoms with Gasteiger partial charge in [-0.15, -0.1) is 0 Å². The highest BCUT2D eigenvalue weighted by molar-refractivity contribution is 5.81. The molecule has 5 aliphatic rings. The lowest BCUT2D eigenvalue weighted by Gasteiger charge is -2.58. The van der Waals surface area contributed by atoms with Crippen LogP contribution in [0.3, 0.4) is 0 Å². The van der Waals surface area contributed by atoms with E-state index in [-0.39, 0.29) is 18.0 Å². The summed E-state index contributed by atoms with van der Waals surface area (Å²) in [6.07, 6.45) is 5.09. The second-order valence-corrected chi connectivity index (χ2v) is 10.1. The third-order valence-corrected chi connectivity index (χ3v) is 8.23. The summed E-state index contributed by atoms with van der Waals surface area (Å²) in [4.78, 5) is 17.8. The Morgan fingerprint density at radius 3 is 2.30 bits per heavy atom. The summed E-state index contributed by atoms with van der Waals surface area (Å²) in [5, 5.41) is 14.2. The highest BCUT2D eigenvalue weighted by Crippen LogP contribution is 2.55. The molecule has 30 heavy (non-hydrogen) atoms. The van der Waals surface area contributed by atoms with E-state index in [1.54, 1.807) is 7.11 Å². The highest BCUT2D eigenvalue weighted by atomic mass is 16.5. The molecule has 1 saturated heterocycles. The van der Waals surface area contributed by atoms with Gasteiger partial charge in [-0.3, -0.25) is 9.69 Å². The van der Waals surface area contributed by atoms with Gasteiger partial charge < -0.3 is 20.1 Å². The van der Waals surface area contributed by atoms with Gasteiger partial charge in [-0.2, -0.15) is 0 Å². The lowest BCUT2D eigenvalue weighted by atomic mass is 9.52. The van der Waals surface area contributed by atoms with Crippen molar-refractivity contribution >= 4 is 11.6 Å². The first kappa shape index (κ1) is 20.1. The van der Waals surface area contributed by atoms with Crippen LogP contribution in [0, 0.1) is 17.8 Å². The van der Waals surface area contributed by atoms with Gasteiger partial charge in [0, 0.05) is 37.9 Å². The number of amides is 1. The maximum atomic E-state index is 13.1.